The zero-order valence-corrected chi connectivity index (χ0v) is 26.1. The van der Waals surface area contributed by atoms with Crippen LogP contribution in [0.25, 0.3) is 0 Å². The Hall–Kier alpha value is -4.11. The minimum Gasteiger partial charge on any atom is -0.482 e. The lowest BCUT2D eigenvalue weighted by atomic mass is 10.2. The third-order valence-electron chi connectivity index (χ3n) is 6.37. The third kappa shape index (κ3) is 8.29. The Morgan fingerprint density at radius 2 is 1.43 bits per heavy atom. The zero-order valence-electron chi connectivity index (χ0n) is 24.5. The van der Waals surface area contributed by atoms with Crippen LogP contribution in [0.1, 0.15) is 26.3 Å². The van der Waals surface area contributed by atoms with Crippen molar-refractivity contribution < 1.29 is 35.9 Å². The van der Waals surface area contributed by atoms with Gasteiger partial charge in [0, 0.05) is 19.6 Å². The number of hydrogen-bond acceptors (Lipinski definition) is 9. The fourth-order valence-corrected chi connectivity index (χ4v) is 7.39. The van der Waals surface area contributed by atoms with Gasteiger partial charge in [0.1, 0.15) is 17.4 Å². The predicted octanol–water partition coefficient (Wildman–Crippen LogP) is 2.62. The molecule has 0 bridgehead atoms. The Labute approximate surface area is 257 Å². The predicted molar refractivity (Wildman–Crippen MR) is 163 cm³/mol. The third-order valence-corrected chi connectivity index (χ3v) is 10.2. The van der Waals surface area contributed by atoms with Gasteiger partial charge in [-0.05, 0) is 74.9 Å². The molecule has 1 aliphatic rings. The van der Waals surface area contributed by atoms with E-state index >= 15 is 0 Å². The van der Waals surface area contributed by atoms with Crippen molar-refractivity contribution >= 4 is 38.1 Å². The Bertz CT molecular complexity index is 1690. The number of amides is 1. The van der Waals surface area contributed by atoms with Gasteiger partial charge in [0.15, 0.2) is 6.61 Å². The topological polar surface area (TPSA) is 152 Å². The number of ether oxygens (including phenoxy) is 2. The van der Waals surface area contributed by atoms with E-state index < -0.39 is 50.1 Å². The van der Waals surface area contributed by atoms with Crippen LogP contribution in [0.5, 0.6) is 5.75 Å². The molecule has 0 radical (unpaired) electrons. The minimum absolute atomic E-state index is 0.0188. The number of carbonyl (C=O) groups excluding carboxylic acids is 2. The van der Waals surface area contributed by atoms with Crippen LogP contribution in [0.2, 0.25) is 0 Å². The number of hydrazone groups is 1. The Morgan fingerprint density at radius 3 is 2.00 bits per heavy atom. The highest BCUT2D eigenvalue weighted by molar-refractivity contribution is 7.89. The molecule has 234 valence electrons. The first-order valence-electron chi connectivity index (χ1n) is 13.7. The number of nitrogens with zero attached hydrogens (tertiary/aromatic N) is 3. The first-order chi connectivity index (χ1) is 20.8. The van der Waals surface area contributed by atoms with Crippen molar-refractivity contribution in [2.75, 3.05) is 26.2 Å². The van der Waals surface area contributed by atoms with Gasteiger partial charge in [0.2, 0.25) is 20.0 Å². The van der Waals surface area contributed by atoms with E-state index in [0.29, 0.717) is 11.3 Å². The lowest BCUT2D eigenvalue weighted by Crippen LogP contribution is -2.60. The molecule has 0 unspecified atom stereocenters. The van der Waals surface area contributed by atoms with E-state index in [2.05, 4.69) is 10.5 Å². The number of rotatable bonds is 10. The summed E-state index contributed by atoms with van der Waals surface area (Å²) in [4.78, 5) is 25.3. The number of hydrogen-bond donors (Lipinski definition) is 1. The van der Waals surface area contributed by atoms with Crippen molar-refractivity contribution in [1.82, 2.24) is 14.0 Å². The standard InChI is InChI=1S/C30H34N4O8S2/c1-30(2,3)42-28(35)22-41-24-16-14-23(15-17-24)20-31-32-29(36)27-21-33(43(37,38)25-10-6-4-7-11-25)18-19-34(27)44(39,40)26-12-8-5-9-13-26/h4-17,20,27H,18-19,21-22H2,1-3H3,(H,32,36)/b31-20-/t27-/m1/s1. The van der Waals surface area contributed by atoms with Crippen LogP contribution in [0.15, 0.2) is 99.8 Å². The number of carbonyl (C=O) groups is 2. The molecule has 1 heterocycles. The van der Waals surface area contributed by atoms with Gasteiger partial charge in [-0.1, -0.05) is 36.4 Å². The van der Waals surface area contributed by atoms with Crippen LogP contribution < -0.4 is 10.2 Å². The summed E-state index contributed by atoms with van der Waals surface area (Å²) in [7, 11) is -8.14. The molecule has 1 fully saturated rings. The van der Waals surface area contributed by atoms with Crippen molar-refractivity contribution in [2.24, 2.45) is 5.10 Å². The van der Waals surface area contributed by atoms with Crippen LogP contribution in [-0.4, -0.2) is 81.4 Å². The van der Waals surface area contributed by atoms with Gasteiger partial charge in [-0.25, -0.2) is 27.1 Å². The lowest BCUT2D eigenvalue weighted by molar-refractivity contribution is -0.157. The van der Waals surface area contributed by atoms with E-state index in [1.54, 1.807) is 81.4 Å². The van der Waals surface area contributed by atoms with E-state index in [9.17, 15) is 26.4 Å². The maximum atomic E-state index is 13.5. The maximum Gasteiger partial charge on any atom is 0.344 e. The number of sulfonamides is 2. The van der Waals surface area contributed by atoms with Crippen molar-refractivity contribution in [3.63, 3.8) is 0 Å². The second-order valence-corrected chi connectivity index (χ2v) is 14.6. The van der Waals surface area contributed by atoms with Gasteiger partial charge in [-0.3, -0.25) is 4.79 Å². The Morgan fingerprint density at radius 1 is 0.864 bits per heavy atom. The zero-order chi connectivity index (χ0) is 32.0. The SMILES string of the molecule is CC(C)(C)OC(=O)COc1ccc(/C=N\NC(=O)[C@H]2CN(S(=O)(=O)c3ccccc3)CCN2S(=O)(=O)c2ccccc2)cc1. The Kier molecular flexibility index (Phi) is 10.2. The molecule has 44 heavy (non-hydrogen) atoms. The average molecular weight is 643 g/mol. The van der Waals surface area contributed by atoms with Crippen LogP contribution in [0.4, 0.5) is 0 Å². The molecule has 0 aromatic heterocycles. The first-order valence-corrected chi connectivity index (χ1v) is 16.6. The Balaban J connectivity index is 1.48. The molecule has 12 nitrogen and oxygen atoms in total. The summed E-state index contributed by atoms with van der Waals surface area (Å²) in [6.45, 7) is 4.22. The highest BCUT2D eigenvalue weighted by atomic mass is 32.2. The van der Waals surface area contributed by atoms with E-state index in [4.69, 9.17) is 9.47 Å². The summed E-state index contributed by atoms with van der Waals surface area (Å²) < 4.78 is 66.4. The minimum atomic E-state index is -4.14. The molecule has 1 N–H and O–H groups in total. The lowest BCUT2D eigenvalue weighted by Gasteiger charge is -2.38. The van der Waals surface area contributed by atoms with Crippen molar-refractivity contribution in [3.8, 4) is 5.75 Å². The van der Waals surface area contributed by atoms with E-state index in [1.165, 1.54) is 30.5 Å². The molecule has 0 aliphatic carbocycles. The van der Waals surface area contributed by atoms with Crippen LogP contribution >= 0.6 is 0 Å². The number of piperazine rings is 1. The summed E-state index contributed by atoms with van der Waals surface area (Å²) in [6.07, 6.45) is 1.34. The van der Waals surface area contributed by atoms with Crippen molar-refractivity contribution in [1.29, 1.82) is 0 Å². The summed E-state index contributed by atoms with van der Waals surface area (Å²) >= 11 is 0. The summed E-state index contributed by atoms with van der Waals surface area (Å²) in [5.41, 5.74) is 2.30. The molecule has 0 saturated carbocycles. The van der Waals surface area contributed by atoms with Crippen LogP contribution in [0, 0.1) is 0 Å². The van der Waals surface area contributed by atoms with Gasteiger partial charge in [-0.2, -0.15) is 13.7 Å². The largest absolute Gasteiger partial charge is 0.482 e. The van der Waals surface area contributed by atoms with Crippen LogP contribution in [0.3, 0.4) is 0 Å². The van der Waals surface area contributed by atoms with E-state index in [-0.39, 0.29) is 29.5 Å². The molecule has 1 atom stereocenters. The van der Waals surface area contributed by atoms with Gasteiger partial charge in [-0.15, -0.1) is 0 Å². The molecular formula is C30H34N4O8S2. The van der Waals surface area contributed by atoms with Crippen molar-refractivity contribution in [3.05, 3.63) is 90.5 Å². The van der Waals surface area contributed by atoms with Gasteiger partial charge in [0.25, 0.3) is 5.91 Å². The second-order valence-electron chi connectivity index (χ2n) is 10.8. The van der Waals surface area contributed by atoms with Gasteiger partial charge < -0.3 is 9.47 Å². The normalized spacial score (nSPS) is 16.8. The second kappa shape index (κ2) is 13.7. The molecule has 4 rings (SSSR count). The maximum absolute atomic E-state index is 13.5. The molecule has 0 spiro atoms. The van der Waals surface area contributed by atoms with E-state index in [0.717, 1.165) is 8.61 Å². The molecule has 3 aromatic carbocycles. The summed E-state index contributed by atoms with van der Waals surface area (Å²) in [6, 6.07) is 20.5. The number of benzene rings is 3. The van der Waals surface area contributed by atoms with E-state index in [1.807, 2.05) is 0 Å². The quantitative estimate of drug-likeness (QED) is 0.201. The molecule has 1 saturated heterocycles. The molecule has 1 amide bonds. The van der Waals surface area contributed by atoms with Crippen LogP contribution in [-0.2, 0) is 34.4 Å². The number of nitrogens with one attached hydrogen (secondary N) is 1. The molecule has 14 heteroatoms. The molecular weight excluding hydrogens is 608 g/mol. The molecule has 3 aromatic rings. The average Bonchev–Trinajstić information content (AvgIpc) is 3.00. The fourth-order valence-electron chi connectivity index (χ4n) is 4.34. The fraction of sp³-hybridized carbons (Fsp3) is 0.300. The van der Waals surface area contributed by atoms with Gasteiger partial charge >= 0.3 is 5.97 Å². The van der Waals surface area contributed by atoms with Gasteiger partial charge in [0.05, 0.1) is 16.0 Å². The summed E-state index contributed by atoms with van der Waals surface area (Å²) in [5.74, 6) is -0.890. The number of esters is 1. The first kappa shape index (κ1) is 32.8. The van der Waals surface area contributed by atoms with Crippen molar-refractivity contribution in [2.45, 2.75) is 42.2 Å². The monoisotopic (exact) mass is 642 g/mol. The highest BCUT2D eigenvalue weighted by Crippen LogP contribution is 2.25. The summed E-state index contributed by atoms with van der Waals surface area (Å²) in [5, 5.41) is 3.97. The molecule has 1 aliphatic heterocycles. The highest BCUT2D eigenvalue weighted by Gasteiger charge is 2.43. The smallest absolute Gasteiger partial charge is 0.344 e.